The highest BCUT2D eigenvalue weighted by Crippen LogP contribution is 2.35. The lowest BCUT2D eigenvalue weighted by Crippen LogP contribution is -2.50. The summed E-state index contributed by atoms with van der Waals surface area (Å²) in [6, 6.07) is 13.0. The van der Waals surface area contributed by atoms with Gasteiger partial charge in [-0.1, -0.05) is 35.9 Å². The van der Waals surface area contributed by atoms with E-state index in [0.29, 0.717) is 28.4 Å². The third kappa shape index (κ3) is 4.34. The first-order valence-corrected chi connectivity index (χ1v) is 9.97. The zero-order chi connectivity index (χ0) is 22.0. The van der Waals surface area contributed by atoms with Crippen molar-refractivity contribution >= 4 is 29.5 Å². The number of carbonyl (C=O) groups is 3. The fraction of sp³-hybridized carbons (Fsp3) is 0.227. The molecule has 160 valence electrons. The molecule has 0 saturated heterocycles. The minimum atomic E-state index is -0.685. The summed E-state index contributed by atoms with van der Waals surface area (Å²) in [5, 5.41) is 6.04. The lowest BCUT2D eigenvalue weighted by molar-refractivity contribution is -0.136. The maximum atomic E-state index is 12.8. The number of amides is 3. The highest BCUT2D eigenvalue weighted by atomic mass is 35.5. The number of methoxy groups -OCH3 is 1. The van der Waals surface area contributed by atoms with Gasteiger partial charge in [-0.15, -0.1) is 0 Å². The van der Waals surface area contributed by atoms with Crippen LogP contribution in [0.2, 0.25) is 5.02 Å². The zero-order valence-electron chi connectivity index (χ0n) is 16.7. The monoisotopic (exact) mass is 441 g/mol. The molecule has 0 aliphatic carbocycles. The minimum absolute atomic E-state index is 0.0651. The van der Waals surface area contributed by atoms with Crippen LogP contribution >= 0.6 is 11.6 Å². The second kappa shape index (κ2) is 8.69. The van der Waals surface area contributed by atoms with Crippen molar-refractivity contribution in [3.05, 3.63) is 76.0 Å². The van der Waals surface area contributed by atoms with Crippen molar-refractivity contribution in [3.8, 4) is 5.75 Å². The van der Waals surface area contributed by atoms with E-state index >= 15 is 0 Å². The molecule has 2 N–H and O–H groups in total. The van der Waals surface area contributed by atoms with Crippen LogP contribution in [0.5, 0.6) is 5.75 Å². The van der Waals surface area contributed by atoms with E-state index in [1.54, 1.807) is 43.5 Å². The van der Waals surface area contributed by atoms with Gasteiger partial charge in [0, 0.05) is 11.6 Å². The van der Waals surface area contributed by atoms with Gasteiger partial charge in [-0.3, -0.25) is 9.69 Å². The van der Waals surface area contributed by atoms with E-state index in [4.69, 9.17) is 21.1 Å². The molecule has 2 aliphatic rings. The van der Waals surface area contributed by atoms with E-state index in [1.165, 1.54) is 4.90 Å². The number of nitrogens with one attached hydrogen (secondary N) is 2. The topological polar surface area (TPSA) is 97.0 Å². The van der Waals surface area contributed by atoms with Gasteiger partial charge in [0.25, 0.3) is 0 Å². The van der Waals surface area contributed by atoms with E-state index in [0.717, 1.165) is 11.3 Å². The summed E-state index contributed by atoms with van der Waals surface area (Å²) in [6.45, 7) is -0.00506. The van der Waals surface area contributed by atoms with Crippen LogP contribution in [-0.4, -0.2) is 43.1 Å². The molecular weight excluding hydrogens is 422 g/mol. The Kier molecular flexibility index (Phi) is 5.81. The van der Waals surface area contributed by atoms with Gasteiger partial charge in [0.05, 0.1) is 24.4 Å². The molecule has 0 unspecified atom stereocenters. The van der Waals surface area contributed by atoms with Crippen molar-refractivity contribution in [2.24, 2.45) is 0 Å². The molecule has 2 aliphatic heterocycles. The van der Waals surface area contributed by atoms with E-state index < -0.39 is 18.0 Å². The number of hydrogen-bond acceptors (Lipinski definition) is 5. The second-order valence-corrected chi connectivity index (χ2v) is 7.52. The van der Waals surface area contributed by atoms with Crippen LogP contribution in [0.1, 0.15) is 17.2 Å². The largest absolute Gasteiger partial charge is 0.497 e. The fourth-order valence-electron chi connectivity index (χ4n) is 3.56. The first-order chi connectivity index (χ1) is 15.0. The number of nitrogens with zero attached hydrogens (tertiary/aromatic N) is 1. The third-order valence-corrected chi connectivity index (χ3v) is 5.37. The molecule has 4 rings (SSSR count). The average molecular weight is 442 g/mol. The van der Waals surface area contributed by atoms with Crippen molar-refractivity contribution in [3.63, 3.8) is 0 Å². The first kappa shape index (κ1) is 20.7. The van der Waals surface area contributed by atoms with Gasteiger partial charge in [-0.2, -0.15) is 0 Å². The minimum Gasteiger partial charge on any atom is -0.497 e. The summed E-state index contributed by atoms with van der Waals surface area (Å²) in [5.74, 6) is -0.165. The molecule has 2 aromatic carbocycles. The molecule has 8 nitrogen and oxygen atoms in total. The number of halogens is 1. The van der Waals surface area contributed by atoms with Gasteiger partial charge in [-0.25, -0.2) is 9.59 Å². The highest BCUT2D eigenvalue weighted by molar-refractivity contribution is 6.30. The number of esters is 1. The summed E-state index contributed by atoms with van der Waals surface area (Å²) in [7, 11) is 1.58. The predicted molar refractivity (Wildman–Crippen MR) is 112 cm³/mol. The molecule has 2 aromatic rings. The lowest BCUT2D eigenvalue weighted by atomic mass is 9.96. The van der Waals surface area contributed by atoms with Crippen LogP contribution < -0.4 is 15.4 Å². The molecule has 1 atom stereocenters. The first-order valence-electron chi connectivity index (χ1n) is 9.59. The van der Waals surface area contributed by atoms with Gasteiger partial charge in [0.2, 0.25) is 5.91 Å². The third-order valence-electron chi connectivity index (χ3n) is 5.13. The number of urea groups is 1. The van der Waals surface area contributed by atoms with Crippen LogP contribution in [0.3, 0.4) is 0 Å². The Balaban J connectivity index is 1.49. The summed E-state index contributed by atoms with van der Waals surface area (Å²) < 4.78 is 10.3. The summed E-state index contributed by atoms with van der Waals surface area (Å²) in [6.07, 6.45) is 0. The van der Waals surface area contributed by atoms with Gasteiger partial charge in [0.1, 0.15) is 18.9 Å². The van der Waals surface area contributed by atoms with Gasteiger partial charge < -0.3 is 20.1 Å². The maximum Gasteiger partial charge on any atom is 0.338 e. The Hall–Kier alpha value is -3.52. The normalized spacial score (nSPS) is 17.7. The van der Waals surface area contributed by atoms with Crippen molar-refractivity contribution < 1.29 is 23.9 Å². The van der Waals surface area contributed by atoms with Gasteiger partial charge >= 0.3 is 12.0 Å². The Morgan fingerprint density at radius 1 is 1.26 bits per heavy atom. The van der Waals surface area contributed by atoms with E-state index in [-0.39, 0.29) is 19.1 Å². The molecule has 31 heavy (non-hydrogen) atoms. The average Bonchev–Trinajstić information content (AvgIpc) is 3.16. The molecular formula is C22H20ClN3O5. The summed E-state index contributed by atoms with van der Waals surface area (Å²) in [5.41, 5.74) is 2.25. The van der Waals surface area contributed by atoms with E-state index in [1.807, 2.05) is 12.1 Å². The quantitative estimate of drug-likeness (QED) is 0.671. The molecule has 3 amide bonds. The summed E-state index contributed by atoms with van der Waals surface area (Å²) >= 11 is 6.06. The number of hydrogen-bond donors (Lipinski definition) is 2. The highest BCUT2D eigenvalue weighted by Gasteiger charge is 2.42. The number of cyclic esters (lactones) is 1. The predicted octanol–water partition coefficient (Wildman–Crippen LogP) is 2.54. The standard InChI is InChI=1S/C22H20ClN3O5/c1-30-16-7-5-13(6-8-16)10-24-18(27)11-26-17-12-31-21(28)19(17)20(25-22(26)29)14-3-2-4-15(23)9-14/h2-9,20H,10-12H2,1H3,(H,24,27)(H,25,29)/t20-/m1/s1. The second-order valence-electron chi connectivity index (χ2n) is 7.08. The molecule has 0 saturated carbocycles. The van der Waals surface area contributed by atoms with Gasteiger partial charge in [0.15, 0.2) is 0 Å². The summed E-state index contributed by atoms with van der Waals surface area (Å²) in [4.78, 5) is 38.9. The molecule has 0 radical (unpaired) electrons. The Morgan fingerprint density at radius 2 is 2.03 bits per heavy atom. The smallest absolute Gasteiger partial charge is 0.338 e. The van der Waals surface area contributed by atoms with Crippen LogP contribution in [0, 0.1) is 0 Å². The Bertz CT molecular complexity index is 1070. The molecule has 0 aromatic heterocycles. The molecule has 0 spiro atoms. The van der Waals surface area contributed by atoms with Crippen LogP contribution in [0.4, 0.5) is 4.79 Å². The molecule has 9 heteroatoms. The maximum absolute atomic E-state index is 12.8. The number of benzene rings is 2. The molecule has 2 heterocycles. The Labute approximate surface area is 183 Å². The van der Waals surface area contributed by atoms with Crippen molar-refractivity contribution in [1.29, 1.82) is 0 Å². The van der Waals surface area contributed by atoms with Crippen LogP contribution in [0.25, 0.3) is 0 Å². The lowest BCUT2D eigenvalue weighted by Gasteiger charge is -2.32. The Morgan fingerprint density at radius 3 is 2.74 bits per heavy atom. The van der Waals surface area contributed by atoms with Gasteiger partial charge in [-0.05, 0) is 35.4 Å². The SMILES string of the molecule is COc1ccc(CNC(=O)CN2C(=O)N[C@H](c3cccc(Cl)c3)C3=C2COC3=O)cc1. The number of rotatable bonds is 6. The number of ether oxygens (including phenoxy) is 2. The van der Waals surface area contributed by atoms with Crippen LogP contribution in [0.15, 0.2) is 59.8 Å². The fourth-order valence-corrected chi connectivity index (χ4v) is 3.76. The van der Waals surface area contributed by atoms with Crippen molar-refractivity contribution in [2.75, 3.05) is 20.3 Å². The van der Waals surface area contributed by atoms with Crippen molar-refractivity contribution in [2.45, 2.75) is 12.6 Å². The van der Waals surface area contributed by atoms with Crippen LogP contribution in [-0.2, 0) is 20.9 Å². The molecule has 0 fully saturated rings. The van der Waals surface area contributed by atoms with E-state index in [2.05, 4.69) is 10.6 Å². The zero-order valence-corrected chi connectivity index (χ0v) is 17.4. The molecule has 0 bridgehead atoms. The van der Waals surface area contributed by atoms with E-state index in [9.17, 15) is 14.4 Å². The van der Waals surface area contributed by atoms with Crippen molar-refractivity contribution in [1.82, 2.24) is 15.5 Å². The number of carbonyl (C=O) groups excluding carboxylic acids is 3.